The maximum Gasteiger partial charge on any atom is 0.180 e. The Labute approximate surface area is 150 Å². The monoisotopic (exact) mass is 359 g/mol. The summed E-state index contributed by atoms with van der Waals surface area (Å²) in [4.78, 5) is 2.16. The van der Waals surface area contributed by atoms with Gasteiger partial charge in [-0.25, -0.2) is 9.07 Å². The summed E-state index contributed by atoms with van der Waals surface area (Å²) in [6.45, 7) is 2.52. The van der Waals surface area contributed by atoms with Crippen molar-refractivity contribution in [2.45, 2.75) is 19.6 Å². The molecule has 3 aromatic rings. The minimum Gasteiger partial charge on any atom is -0.276 e. The highest BCUT2D eigenvalue weighted by Crippen LogP contribution is 2.28. The standard InChI is InChI=1S/C18H18FN3S2/c1-13-20-22(18(23)24-13)12-21(2)17(14-6-4-3-5-7-14)15-8-10-16(19)11-9-15/h3-11,17H,12H2,1-2H3/t17-/m0/s1. The fraction of sp³-hybridized carbons (Fsp3) is 0.222. The van der Waals surface area contributed by atoms with Crippen LogP contribution in [0.3, 0.4) is 0 Å². The first-order valence-corrected chi connectivity index (χ1v) is 8.82. The lowest BCUT2D eigenvalue weighted by atomic mass is 9.98. The minimum absolute atomic E-state index is 0.00398. The van der Waals surface area contributed by atoms with Gasteiger partial charge in [0.05, 0.1) is 12.7 Å². The van der Waals surface area contributed by atoms with E-state index in [0.717, 1.165) is 20.1 Å². The molecule has 0 aliphatic heterocycles. The van der Waals surface area contributed by atoms with Crippen LogP contribution in [-0.2, 0) is 6.67 Å². The second kappa shape index (κ2) is 7.34. The highest BCUT2D eigenvalue weighted by molar-refractivity contribution is 7.73. The Morgan fingerprint density at radius 1 is 1.12 bits per heavy atom. The second-order valence-corrected chi connectivity index (χ2v) is 7.48. The van der Waals surface area contributed by atoms with Gasteiger partial charge < -0.3 is 0 Å². The number of aromatic nitrogens is 2. The molecule has 1 aromatic heterocycles. The molecule has 0 aliphatic rings. The lowest BCUT2D eigenvalue weighted by Gasteiger charge is -2.28. The summed E-state index contributed by atoms with van der Waals surface area (Å²) < 4.78 is 15.9. The molecule has 124 valence electrons. The highest BCUT2D eigenvalue weighted by atomic mass is 32.1. The number of benzene rings is 2. The fourth-order valence-corrected chi connectivity index (χ4v) is 3.83. The molecule has 0 amide bonds. The third-order valence-corrected chi connectivity index (χ3v) is 5.03. The van der Waals surface area contributed by atoms with E-state index in [0.29, 0.717) is 6.67 Å². The van der Waals surface area contributed by atoms with E-state index in [1.807, 2.05) is 49.0 Å². The molecule has 0 N–H and O–H groups in total. The molecule has 0 spiro atoms. The molecular formula is C18H18FN3S2. The molecule has 2 aromatic carbocycles. The van der Waals surface area contributed by atoms with Crippen molar-refractivity contribution < 1.29 is 4.39 Å². The van der Waals surface area contributed by atoms with Crippen LogP contribution < -0.4 is 0 Å². The topological polar surface area (TPSA) is 21.1 Å². The Bertz CT molecular complexity index is 856. The Kier molecular flexibility index (Phi) is 5.18. The molecule has 3 nitrogen and oxygen atoms in total. The average molecular weight is 359 g/mol. The molecule has 0 unspecified atom stereocenters. The second-order valence-electron chi connectivity index (χ2n) is 5.65. The molecule has 0 saturated heterocycles. The highest BCUT2D eigenvalue weighted by Gasteiger charge is 2.20. The van der Waals surface area contributed by atoms with Crippen molar-refractivity contribution in [3.05, 3.63) is 80.5 Å². The van der Waals surface area contributed by atoms with Crippen molar-refractivity contribution in [3.8, 4) is 0 Å². The normalized spacial score (nSPS) is 12.5. The number of hydrogen-bond acceptors (Lipinski definition) is 4. The van der Waals surface area contributed by atoms with Gasteiger partial charge in [0.15, 0.2) is 3.95 Å². The Morgan fingerprint density at radius 3 is 2.33 bits per heavy atom. The van der Waals surface area contributed by atoms with Crippen molar-refractivity contribution >= 4 is 23.6 Å². The fourth-order valence-electron chi connectivity index (χ4n) is 2.77. The predicted molar refractivity (Wildman–Crippen MR) is 98.1 cm³/mol. The van der Waals surface area contributed by atoms with Gasteiger partial charge in [-0.05, 0) is 49.4 Å². The van der Waals surface area contributed by atoms with Gasteiger partial charge in [-0.1, -0.05) is 53.8 Å². The first kappa shape index (κ1) is 17.0. The van der Waals surface area contributed by atoms with E-state index in [2.05, 4.69) is 22.1 Å². The summed E-state index contributed by atoms with van der Waals surface area (Å²) in [7, 11) is 2.03. The van der Waals surface area contributed by atoms with Gasteiger partial charge in [-0.2, -0.15) is 5.10 Å². The average Bonchev–Trinajstić information content (AvgIpc) is 2.88. The van der Waals surface area contributed by atoms with Crippen molar-refractivity contribution in [1.29, 1.82) is 0 Å². The van der Waals surface area contributed by atoms with Crippen molar-refractivity contribution in [1.82, 2.24) is 14.7 Å². The summed E-state index contributed by atoms with van der Waals surface area (Å²) in [5.74, 6) is -0.231. The van der Waals surface area contributed by atoms with Gasteiger partial charge in [-0.3, -0.25) is 4.90 Å². The molecule has 0 aliphatic carbocycles. The maximum atomic E-state index is 13.3. The summed E-state index contributed by atoms with van der Waals surface area (Å²) >= 11 is 6.88. The number of nitrogens with zero attached hydrogens (tertiary/aromatic N) is 3. The van der Waals surface area contributed by atoms with Crippen LogP contribution in [0.5, 0.6) is 0 Å². The Morgan fingerprint density at radius 2 is 1.75 bits per heavy atom. The smallest absolute Gasteiger partial charge is 0.180 e. The van der Waals surface area contributed by atoms with Crippen LogP contribution in [0.4, 0.5) is 4.39 Å². The first-order chi connectivity index (χ1) is 11.5. The molecule has 0 fully saturated rings. The van der Waals surface area contributed by atoms with Crippen LogP contribution in [-0.4, -0.2) is 21.7 Å². The SMILES string of the molecule is Cc1nn(CN(C)[C@@H](c2ccccc2)c2ccc(F)cc2)c(=S)s1. The van der Waals surface area contributed by atoms with E-state index in [9.17, 15) is 4.39 Å². The Balaban J connectivity index is 1.96. The van der Waals surface area contributed by atoms with E-state index in [1.54, 1.807) is 0 Å². The van der Waals surface area contributed by atoms with Gasteiger partial charge in [-0.15, -0.1) is 0 Å². The van der Waals surface area contributed by atoms with Gasteiger partial charge in [0.25, 0.3) is 0 Å². The molecule has 1 heterocycles. The quantitative estimate of drug-likeness (QED) is 0.611. The van der Waals surface area contributed by atoms with E-state index >= 15 is 0 Å². The maximum absolute atomic E-state index is 13.3. The van der Waals surface area contributed by atoms with Crippen molar-refractivity contribution in [2.75, 3.05) is 7.05 Å². The molecule has 6 heteroatoms. The molecule has 0 bridgehead atoms. The van der Waals surface area contributed by atoms with Gasteiger partial charge in [0.1, 0.15) is 10.8 Å². The molecule has 1 atom stereocenters. The van der Waals surface area contributed by atoms with E-state index < -0.39 is 0 Å². The Hall–Kier alpha value is -1.89. The zero-order valence-corrected chi connectivity index (χ0v) is 15.1. The molecule has 0 saturated carbocycles. The number of halogens is 1. The van der Waals surface area contributed by atoms with Crippen molar-refractivity contribution in [3.63, 3.8) is 0 Å². The summed E-state index contributed by atoms with van der Waals surface area (Å²) in [5.41, 5.74) is 2.17. The lowest BCUT2D eigenvalue weighted by Crippen LogP contribution is -2.28. The predicted octanol–water partition coefficient (Wildman–Crippen LogP) is 4.80. The van der Waals surface area contributed by atoms with Crippen LogP contribution >= 0.6 is 23.6 Å². The first-order valence-electron chi connectivity index (χ1n) is 7.60. The lowest BCUT2D eigenvalue weighted by molar-refractivity contribution is 0.208. The van der Waals surface area contributed by atoms with Crippen LogP contribution in [0.2, 0.25) is 0 Å². The number of rotatable bonds is 5. The molecule has 24 heavy (non-hydrogen) atoms. The van der Waals surface area contributed by atoms with E-state index in [1.165, 1.54) is 23.5 Å². The van der Waals surface area contributed by atoms with Gasteiger partial charge in [0, 0.05) is 0 Å². The zero-order chi connectivity index (χ0) is 17.1. The van der Waals surface area contributed by atoms with Crippen LogP contribution in [0.25, 0.3) is 0 Å². The number of hydrogen-bond donors (Lipinski definition) is 0. The summed E-state index contributed by atoms with van der Waals surface area (Å²) in [6, 6.07) is 16.8. The zero-order valence-electron chi connectivity index (χ0n) is 13.5. The number of aryl methyl sites for hydroxylation is 1. The van der Waals surface area contributed by atoms with Gasteiger partial charge >= 0.3 is 0 Å². The molecular weight excluding hydrogens is 341 g/mol. The molecule has 0 radical (unpaired) electrons. The minimum atomic E-state index is -0.231. The van der Waals surface area contributed by atoms with Crippen molar-refractivity contribution in [2.24, 2.45) is 0 Å². The van der Waals surface area contributed by atoms with Gasteiger partial charge in [0.2, 0.25) is 0 Å². The van der Waals surface area contributed by atoms with E-state index in [-0.39, 0.29) is 11.9 Å². The van der Waals surface area contributed by atoms with Crippen LogP contribution in [0.15, 0.2) is 54.6 Å². The summed E-state index contributed by atoms with van der Waals surface area (Å²) in [6.07, 6.45) is 0. The van der Waals surface area contributed by atoms with Crippen LogP contribution in [0, 0.1) is 16.7 Å². The van der Waals surface area contributed by atoms with Crippen LogP contribution in [0.1, 0.15) is 22.2 Å². The van der Waals surface area contributed by atoms with E-state index in [4.69, 9.17) is 12.2 Å². The summed E-state index contributed by atoms with van der Waals surface area (Å²) in [5, 5.41) is 5.41. The molecule has 3 rings (SSSR count). The third-order valence-electron chi connectivity index (χ3n) is 3.81. The third kappa shape index (κ3) is 3.77. The largest absolute Gasteiger partial charge is 0.276 e.